The summed E-state index contributed by atoms with van der Waals surface area (Å²) in [6.45, 7) is 1.94. The molecule has 9 heteroatoms. The zero-order chi connectivity index (χ0) is 19.9. The number of carbonyl (C=O) groups is 2. The molecule has 1 atom stereocenters. The lowest BCUT2D eigenvalue weighted by Crippen LogP contribution is -2.37. The van der Waals surface area contributed by atoms with Crippen LogP contribution in [-0.4, -0.2) is 46.0 Å². The summed E-state index contributed by atoms with van der Waals surface area (Å²) in [6.07, 6.45) is 0.0959. The van der Waals surface area contributed by atoms with E-state index in [-0.39, 0.29) is 28.2 Å². The van der Waals surface area contributed by atoms with Crippen LogP contribution in [0.2, 0.25) is 0 Å². The van der Waals surface area contributed by atoms with Crippen LogP contribution in [0.5, 0.6) is 0 Å². The molecule has 1 aromatic heterocycles. The van der Waals surface area contributed by atoms with Gasteiger partial charge < -0.3 is 15.7 Å². The topological polar surface area (TPSA) is 96.5 Å². The Morgan fingerprint density at radius 2 is 2.11 bits per heavy atom. The maximum atomic E-state index is 14.2. The zero-order valence-electron chi connectivity index (χ0n) is 14.5. The Kier molecular flexibility index (Phi) is 4.71. The second kappa shape index (κ2) is 6.72. The molecule has 1 aliphatic rings. The number of hydrogen-bond donors (Lipinski definition) is 2. The molecule has 2 amide bonds. The fourth-order valence-corrected chi connectivity index (χ4v) is 3.63. The number of amides is 2. The lowest BCUT2D eigenvalue weighted by atomic mass is 10.0. The van der Waals surface area contributed by atoms with E-state index >= 15 is 0 Å². The highest BCUT2D eigenvalue weighted by Crippen LogP contribution is 2.31. The highest BCUT2D eigenvalue weighted by atomic mass is 32.1. The van der Waals surface area contributed by atoms with E-state index in [1.807, 2.05) is 0 Å². The van der Waals surface area contributed by atoms with E-state index in [0.717, 1.165) is 17.4 Å². The van der Waals surface area contributed by atoms with Crippen LogP contribution < -0.4 is 5.73 Å². The molecule has 3 rings (SSSR count). The van der Waals surface area contributed by atoms with Crippen molar-refractivity contribution in [2.24, 2.45) is 5.73 Å². The van der Waals surface area contributed by atoms with E-state index < -0.39 is 29.0 Å². The van der Waals surface area contributed by atoms with E-state index in [1.54, 1.807) is 6.92 Å². The van der Waals surface area contributed by atoms with Gasteiger partial charge in [-0.2, -0.15) is 0 Å². The summed E-state index contributed by atoms with van der Waals surface area (Å²) in [4.78, 5) is 29.1. The molecule has 0 aliphatic carbocycles. The largest absolute Gasteiger partial charge is 0.369 e. The van der Waals surface area contributed by atoms with Gasteiger partial charge in [0.2, 0.25) is 5.60 Å². The highest BCUT2D eigenvalue weighted by Gasteiger charge is 2.42. The fourth-order valence-electron chi connectivity index (χ4n) is 2.69. The molecular weight excluding hydrogens is 376 g/mol. The predicted molar refractivity (Wildman–Crippen MR) is 94.8 cm³/mol. The van der Waals surface area contributed by atoms with Crippen molar-refractivity contribution in [1.29, 1.82) is 0 Å². The summed E-state index contributed by atoms with van der Waals surface area (Å²) in [5, 5.41) is 10.5. The molecule has 1 fully saturated rings. The molecule has 2 heterocycles. The van der Waals surface area contributed by atoms with Gasteiger partial charge in [0.05, 0.1) is 5.56 Å². The van der Waals surface area contributed by atoms with Crippen LogP contribution >= 0.6 is 11.3 Å². The van der Waals surface area contributed by atoms with E-state index in [4.69, 9.17) is 5.73 Å². The maximum absolute atomic E-state index is 14.2. The van der Waals surface area contributed by atoms with E-state index in [0.29, 0.717) is 17.5 Å². The van der Waals surface area contributed by atoms with Crippen LogP contribution in [0, 0.1) is 30.4 Å². The predicted octanol–water partition coefficient (Wildman–Crippen LogP) is 1.44. The van der Waals surface area contributed by atoms with E-state index in [2.05, 4.69) is 16.8 Å². The Balaban J connectivity index is 2.04. The number of benzene rings is 1. The summed E-state index contributed by atoms with van der Waals surface area (Å²) in [7, 11) is 1.53. The van der Waals surface area contributed by atoms with Crippen LogP contribution in [0.15, 0.2) is 12.1 Å². The Morgan fingerprint density at radius 3 is 2.67 bits per heavy atom. The Morgan fingerprint density at radius 1 is 1.41 bits per heavy atom. The number of thiazole rings is 1. The first-order valence-corrected chi connectivity index (χ1v) is 8.72. The normalized spacial score (nSPS) is 19.1. The molecule has 1 aromatic carbocycles. The standard InChI is InChI=1S/C18H15F2N3O3S/c1-9-14(15(21)24)22-16(27-9)11-7-10(12(19)8-13(11)20)3-4-18(26)5-6-23(2)17(18)25/h7-8,26H,5-6H2,1-2H3,(H2,21,24)/t18-/m0/s1. The lowest BCUT2D eigenvalue weighted by Gasteiger charge is -2.13. The summed E-state index contributed by atoms with van der Waals surface area (Å²) >= 11 is 1.04. The average molecular weight is 391 g/mol. The van der Waals surface area contributed by atoms with Crippen LogP contribution in [-0.2, 0) is 4.79 Å². The number of rotatable bonds is 2. The number of aromatic nitrogens is 1. The third-order valence-electron chi connectivity index (χ3n) is 4.23. The number of aliphatic hydroxyl groups is 1. The van der Waals surface area contributed by atoms with Crippen molar-refractivity contribution < 1.29 is 23.5 Å². The van der Waals surface area contributed by atoms with Gasteiger partial charge in [-0.25, -0.2) is 13.8 Å². The first-order valence-electron chi connectivity index (χ1n) is 7.90. The second-order valence-electron chi connectivity index (χ2n) is 6.19. The first-order chi connectivity index (χ1) is 12.6. The Bertz CT molecular complexity index is 1020. The summed E-state index contributed by atoms with van der Waals surface area (Å²) < 4.78 is 28.4. The Labute approximate surface area is 157 Å². The first kappa shape index (κ1) is 18.9. The number of carbonyl (C=O) groups excluding carboxylic acids is 2. The average Bonchev–Trinajstić information content (AvgIpc) is 3.10. The molecule has 27 heavy (non-hydrogen) atoms. The van der Waals surface area contributed by atoms with Crippen LogP contribution in [0.4, 0.5) is 8.78 Å². The van der Waals surface area contributed by atoms with Gasteiger partial charge in [-0.05, 0) is 13.0 Å². The number of hydrogen-bond acceptors (Lipinski definition) is 5. The molecule has 1 aliphatic heterocycles. The van der Waals surface area contributed by atoms with Crippen molar-refractivity contribution in [1.82, 2.24) is 9.88 Å². The molecule has 0 unspecified atom stereocenters. The monoisotopic (exact) mass is 391 g/mol. The molecule has 140 valence electrons. The third kappa shape index (κ3) is 3.41. The molecule has 3 N–H and O–H groups in total. The van der Waals surface area contributed by atoms with Gasteiger partial charge >= 0.3 is 0 Å². The molecule has 2 aromatic rings. The molecule has 1 saturated heterocycles. The zero-order valence-corrected chi connectivity index (χ0v) is 15.3. The number of likely N-dealkylation sites (N-methyl/N-ethyl adjacent to an activating group) is 1. The fraction of sp³-hybridized carbons (Fsp3) is 0.278. The van der Waals surface area contributed by atoms with Gasteiger partial charge in [-0.1, -0.05) is 11.8 Å². The quantitative estimate of drug-likeness (QED) is 0.757. The van der Waals surface area contributed by atoms with Crippen molar-refractivity contribution >= 4 is 23.2 Å². The third-order valence-corrected chi connectivity index (χ3v) is 5.23. The van der Waals surface area contributed by atoms with Gasteiger partial charge in [0.15, 0.2) is 0 Å². The van der Waals surface area contributed by atoms with Crippen molar-refractivity contribution in [2.75, 3.05) is 13.6 Å². The minimum absolute atomic E-state index is 0.0141. The number of primary amides is 1. The van der Waals surface area contributed by atoms with Gasteiger partial charge in [0.25, 0.3) is 11.8 Å². The van der Waals surface area contributed by atoms with E-state index in [9.17, 15) is 23.5 Å². The number of nitrogens with two attached hydrogens (primary N) is 1. The minimum Gasteiger partial charge on any atom is -0.369 e. The highest BCUT2D eigenvalue weighted by molar-refractivity contribution is 7.15. The van der Waals surface area contributed by atoms with Crippen molar-refractivity contribution in [3.63, 3.8) is 0 Å². The summed E-state index contributed by atoms with van der Waals surface area (Å²) in [5.74, 6) is 1.68. The van der Waals surface area contributed by atoms with Crippen molar-refractivity contribution in [3.8, 4) is 22.4 Å². The number of nitrogens with zero attached hydrogens (tertiary/aromatic N) is 2. The van der Waals surface area contributed by atoms with Crippen molar-refractivity contribution in [3.05, 3.63) is 39.9 Å². The molecule has 0 spiro atoms. The molecule has 0 saturated carbocycles. The SMILES string of the molecule is Cc1sc(-c2cc(C#C[C@]3(O)CCN(C)C3=O)c(F)cc2F)nc1C(N)=O. The summed E-state index contributed by atoms with van der Waals surface area (Å²) in [6, 6.07) is 1.78. The van der Waals surface area contributed by atoms with Crippen LogP contribution in [0.25, 0.3) is 10.6 Å². The summed E-state index contributed by atoms with van der Waals surface area (Å²) in [5.41, 5.74) is 3.09. The molecule has 6 nitrogen and oxygen atoms in total. The van der Waals surface area contributed by atoms with Gasteiger partial charge in [0, 0.05) is 36.5 Å². The van der Waals surface area contributed by atoms with Crippen molar-refractivity contribution in [2.45, 2.75) is 18.9 Å². The molecular formula is C18H15F2N3O3S. The molecule has 0 radical (unpaired) electrons. The lowest BCUT2D eigenvalue weighted by molar-refractivity contribution is -0.137. The number of halogens is 2. The maximum Gasteiger partial charge on any atom is 0.268 e. The minimum atomic E-state index is -1.90. The number of likely N-dealkylation sites (tertiary alicyclic amines) is 1. The van der Waals surface area contributed by atoms with Gasteiger partial charge in [-0.3, -0.25) is 9.59 Å². The second-order valence-corrected chi connectivity index (χ2v) is 7.39. The van der Waals surface area contributed by atoms with Gasteiger partial charge in [-0.15, -0.1) is 11.3 Å². The Hall–Kier alpha value is -2.83. The molecule has 0 bridgehead atoms. The van der Waals surface area contributed by atoms with Gasteiger partial charge in [0.1, 0.15) is 22.3 Å². The van der Waals surface area contributed by atoms with Crippen LogP contribution in [0.1, 0.15) is 27.3 Å². The van der Waals surface area contributed by atoms with E-state index in [1.165, 1.54) is 11.9 Å². The smallest absolute Gasteiger partial charge is 0.268 e. The van der Waals surface area contributed by atoms with Crippen LogP contribution in [0.3, 0.4) is 0 Å². The number of aryl methyl sites for hydroxylation is 1.